The molecule has 0 aliphatic carbocycles. The summed E-state index contributed by atoms with van der Waals surface area (Å²) in [6.45, 7) is 7.14. The Morgan fingerprint density at radius 1 is 1.22 bits per heavy atom. The van der Waals surface area contributed by atoms with Crippen molar-refractivity contribution in [2.75, 3.05) is 5.32 Å². The van der Waals surface area contributed by atoms with E-state index in [4.69, 9.17) is 0 Å². The van der Waals surface area contributed by atoms with E-state index in [1.165, 1.54) is 18.2 Å². The maximum Gasteiger partial charge on any atom is 0.248 e. The molecule has 2 nitrogen and oxygen atoms in total. The summed E-state index contributed by atoms with van der Waals surface area (Å²) in [6.07, 6.45) is 7.78. The molecule has 0 spiro atoms. The fourth-order valence-electron chi connectivity index (χ4n) is 1.24. The van der Waals surface area contributed by atoms with Crippen molar-refractivity contribution in [3.63, 3.8) is 0 Å². The summed E-state index contributed by atoms with van der Waals surface area (Å²) in [5, 5.41) is 2.44. The molecule has 1 aromatic carbocycles. The first-order valence-electron chi connectivity index (χ1n) is 5.36. The van der Waals surface area contributed by atoms with E-state index in [1.807, 2.05) is 0 Å². The Kier molecular flexibility index (Phi) is 5.32. The molecule has 0 heterocycles. The molecule has 0 aliphatic rings. The van der Waals surface area contributed by atoms with Gasteiger partial charge in [-0.3, -0.25) is 4.79 Å². The number of benzene rings is 1. The van der Waals surface area contributed by atoms with Crippen LogP contribution >= 0.6 is 0 Å². The Balaban J connectivity index is 2.70. The molecule has 0 unspecified atom stereocenters. The van der Waals surface area contributed by atoms with Gasteiger partial charge in [-0.15, -0.1) is 0 Å². The predicted molar refractivity (Wildman–Crippen MR) is 72.6 cm³/mol. The number of carbonyl (C=O) groups is 1. The maximum atomic E-state index is 13.3. The summed E-state index contributed by atoms with van der Waals surface area (Å²) >= 11 is 0. The lowest BCUT2D eigenvalue weighted by atomic mass is 10.2. The van der Waals surface area contributed by atoms with Crippen LogP contribution in [0.5, 0.6) is 0 Å². The van der Waals surface area contributed by atoms with Crippen LogP contribution in [-0.2, 0) is 4.79 Å². The van der Waals surface area contributed by atoms with Crippen LogP contribution in [0.15, 0.2) is 73.4 Å². The van der Waals surface area contributed by atoms with Gasteiger partial charge in [0.05, 0.1) is 5.69 Å². The average molecular weight is 243 g/mol. The molecule has 18 heavy (non-hydrogen) atoms. The van der Waals surface area contributed by atoms with Crippen molar-refractivity contribution in [2.45, 2.75) is 0 Å². The van der Waals surface area contributed by atoms with Crippen LogP contribution < -0.4 is 5.32 Å². The Hall–Kier alpha value is -2.42. The molecule has 1 aromatic rings. The van der Waals surface area contributed by atoms with Gasteiger partial charge in [-0.05, 0) is 23.8 Å². The molecule has 0 fully saturated rings. The molecule has 0 aromatic heterocycles. The Morgan fingerprint density at radius 3 is 2.56 bits per heavy atom. The minimum atomic E-state index is -0.468. The standard InChI is InChI=1S/C15H14FNO/c1-3-7-12(4-2)10-11-15(18)17-14-9-6-5-8-13(14)16/h3-11H,1-2H2,(H,17,18)/b11-10+,12-7+. The van der Waals surface area contributed by atoms with E-state index >= 15 is 0 Å². The van der Waals surface area contributed by atoms with Crippen LogP contribution in [0.25, 0.3) is 0 Å². The number of rotatable bonds is 5. The second-order valence-corrected chi connectivity index (χ2v) is 3.41. The number of amides is 1. The lowest BCUT2D eigenvalue weighted by Crippen LogP contribution is -2.09. The predicted octanol–water partition coefficient (Wildman–Crippen LogP) is 3.62. The third kappa shape index (κ3) is 4.22. The first-order chi connectivity index (χ1) is 8.67. The molecular weight excluding hydrogens is 229 g/mol. The van der Waals surface area contributed by atoms with E-state index in [2.05, 4.69) is 18.5 Å². The highest BCUT2D eigenvalue weighted by Gasteiger charge is 2.02. The van der Waals surface area contributed by atoms with Crippen LogP contribution in [0.1, 0.15) is 0 Å². The summed E-state index contributed by atoms with van der Waals surface area (Å²) in [4.78, 5) is 11.5. The van der Waals surface area contributed by atoms with Crippen LogP contribution in [0.4, 0.5) is 10.1 Å². The maximum absolute atomic E-state index is 13.3. The number of allylic oxidation sites excluding steroid dienone is 5. The van der Waals surface area contributed by atoms with Crippen LogP contribution in [0, 0.1) is 5.82 Å². The summed E-state index contributed by atoms with van der Waals surface area (Å²) in [5.41, 5.74) is 0.897. The van der Waals surface area contributed by atoms with Gasteiger partial charge in [-0.1, -0.05) is 43.5 Å². The third-order valence-electron chi connectivity index (χ3n) is 2.10. The van der Waals surface area contributed by atoms with Crippen LogP contribution in [0.3, 0.4) is 0 Å². The molecule has 0 aliphatic heterocycles. The molecule has 1 N–H and O–H groups in total. The molecule has 0 saturated heterocycles. The molecule has 0 saturated carbocycles. The molecule has 0 bridgehead atoms. The molecular formula is C15H14FNO. The molecule has 3 heteroatoms. The minimum absolute atomic E-state index is 0.153. The molecule has 0 atom stereocenters. The monoisotopic (exact) mass is 243 g/mol. The van der Waals surface area contributed by atoms with Gasteiger partial charge in [0, 0.05) is 6.08 Å². The van der Waals surface area contributed by atoms with E-state index in [9.17, 15) is 9.18 Å². The lowest BCUT2D eigenvalue weighted by Gasteiger charge is -2.02. The zero-order valence-corrected chi connectivity index (χ0v) is 9.90. The molecule has 92 valence electrons. The number of hydrogen-bond donors (Lipinski definition) is 1. The van der Waals surface area contributed by atoms with Gasteiger partial charge >= 0.3 is 0 Å². The Labute approximate surface area is 106 Å². The topological polar surface area (TPSA) is 29.1 Å². The zero-order chi connectivity index (χ0) is 13.4. The van der Waals surface area contributed by atoms with E-state index < -0.39 is 11.7 Å². The summed E-state index contributed by atoms with van der Waals surface area (Å²) in [5.74, 6) is -0.873. The van der Waals surface area contributed by atoms with E-state index in [-0.39, 0.29) is 5.69 Å². The lowest BCUT2D eigenvalue weighted by molar-refractivity contribution is -0.111. The molecule has 0 radical (unpaired) electrons. The highest BCUT2D eigenvalue weighted by molar-refractivity contribution is 5.99. The largest absolute Gasteiger partial charge is 0.320 e. The van der Waals surface area contributed by atoms with E-state index in [1.54, 1.807) is 36.4 Å². The zero-order valence-electron chi connectivity index (χ0n) is 9.90. The number of hydrogen-bond acceptors (Lipinski definition) is 1. The first-order valence-corrected chi connectivity index (χ1v) is 5.36. The fourth-order valence-corrected chi connectivity index (χ4v) is 1.24. The van der Waals surface area contributed by atoms with Crippen molar-refractivity contribution in [3.8, 4) is 0 Å². The van der Waals surface area contributed by atoms with E-state index in [0.717, 1.165) is 5.57 Å². The van der Waals surface area contributed by atoms with Gasteiger partial charge < -0.3 is 5.32 Å². The van der Waals surface area contributed by atoms with Gasteiger partial charge in [0.25, 0.3) is 0 Å². The minimum Gasteiger partial charge on any atom is -0.320 e. The van der Waals surface area contributed by atoms with Crippen molar-refractivity contribution >= 4 is 11.6 Å². The Morgan fingerprint density at radius 2 is 1.94 bits per heavy atom. The third-order valence-corrected chi connectivity index (χ3v) is 2.10. The number of para-hydroxylation sites is 1. The molecule has 1 rings (SSSR count). The second-order valence-electron chi connectivity index (χ2n) is 3.41. The van der Waals surface area contributed by atoms with E-state index in [0.29, 0.717) is 0 Å². The van der Waals surface area contributed by atoms with Crippen molar-refractivity contribution in [1.29, 1.82) is 0 Å². The quantitative estimate of drug-likeness (QED) is 0.621. The number of halogens is 1. The van der Waals surface area contributed by atoms with Gasteiger partial charge in [0.1, 0.15) is 5.82 Å². The fraction of sp³-hybridized carbons (Fsp3) is 0. The summed E-state index contributed by atoms with van der Waals surface area (Å²) in [7, 11) is 0. The van der Waals surface area contributed by atoms with Gasteiger partial charge in [0.2, 0.25) is 5.91 Å². The first kappa shape index (κ1) is 13.6. The van der Waals surface area contributed by atoms with Crippen molar-refractivity contribution < 1.29 is 9.18 Å². The van der Waals surface area contributed by atoms with Gasteiger partial charge in [-0.25, -0.2) is 4.39 Å². The van der Waals surface area contributed by atoms with Gasteiger partial charge in [-0.2, -0.15) is 0 Å². The molecule has 1 amide bonds. The summed E-state index contributed by atoms with van der Waals surface area (Å²) < 4.78 is 13.3. The number of anilines is 1. The number of carbonyl (C=O) groups excluding carboxylic acids is 1. The second kappa shape index (κ2) is 7.01. The summed E-state index contributed by atoms with van der Waals surface area (Å²) in [6, 6.07) is 5.99. The van der Waals surface area contributed by atoms with Crippen LogP contribution in [0.2, 0.25) is 0 Å². The normalized spacial score (nSPS) is 11.3. The SMILES string of the molecule is C=C/C=C(C=C)/C=C/C(=O)Nc1ccccc1F. The van der Waals surface area contributed by atoms with Crippen LogP contribution in [-0.4, -0.2) is 5.91 Å². The van der Waals surface area contributed by atoms with Crippen molar-refractivity contribution in [2.24, 2.45) is 0 Å². The number of nitrogens with one attached hydrogen (secondary N) is 1. The Bertz CT molecular complexity index is 515. The average Bonchev–Trinajstić information content (AvgIpc) is 2.37. The highest BCUT2D eigenvalue weighted by atomic mass is 19.1. The smallest absolute Gasteiger partial charge is 0.248 e. The van der Waals surface area contributed by atoms with Gasteiger partial charge in [0.15, 0.2) is 0 Å². The van der Waals surface area contributed by atoms with Crippen molar-refractivity contribution in [1.82, 2.24) is 0 Å². The van der Waals surface area contributed by atoms with Crippen molar-refractivity contribution in [3.05, 3.63) is 79.2 Å². The highest BCUT2D eigenvalue weighted by Crippen LogP contribution is 2.12.